The molecule has 0 bridgehead atoms. The topological polar surface area (TPSA) is 85.4 Å². The van der Waals surface area contributed by atoms with E-state index in [9.17, 15) is 4.79 Å². The first kappa shape index (κ1) is 20.5. The van der Waals surface area contributed by atoms with Gasteiger partial charge in [-0.1, -0.05) is 19.9 Å². The maximum absolute atomic E-state index is 12.4. The Balaban J connectivity index is 1.95. The molecule has 0 radical (unpaired) electrons. The van der Waals surface area contributed by atoms with Gasteiger partial charge in [-0.3, -0.25) is 4.79 Å². The number of nitrogens with zero attached hydrogens (tertiary/aromatic N) is 2. The fourth-order valence-electron chi connectivity index (χ4n) is 2.51. The van der Waals surface area contributed by atoms with E-state index in [-0.39, 0.29) is 5.91 Å². The molecule has 0 saturated carbocycles. The monoisotopic (exact) mass is 372 g/mol. The molecule has 1 aromatic carbocycles. The second-order valence-electron chi connectivity index (χ2n) is 6.69. The Labute approximate surface area is 160 Å². The van der Waals surface area contributed by atoms with Gasteiger partial charge in [0.05, 0.1) is 14.2 Å². The summed E-state index contributed by atoms with van der Waals surface area (Å²) >= 11 is 0. The Morgan fingerprint density at radius 1 is 1.11 bits per heavy atom. The average Bonchev–Trinajstić information content (AvgIpc) is 2.65. The molecular weight excluding hydrogens is 344 g/mol. The summed E-state index contributed by atoms with van der Waals surface area (Å²) < 4.78 is 10.5. The molecule has 146 valence electrons. The molecule has 0 spiro atoms. The maximum Gasteiger partial charge on any atom is 0.270 e. The van der Waals surface area contributed by atoms with Crippen LogP contribution in [0.25, 0.3) is 0 Å². The first-order valence-electron chi connectivity index (χ1n) is 9.01. The Bertz CT molecular complexity index is 778. The van der Waals surface area contributed by atoms with Crippen LogP contribution in [-0.4, -0.2) is 43.2 Å². The number of methoxy groups -OCH3 is 2. The lowest BCUT2D eigenvalue weighted by atomic mass is 10.1. The number of carbonyl (C=O) groups is 1. The zero-order valence-corrected chi connectivity index (χ0v) is 16.6. The maximum atomic E-state index is 12.4. The fraction of sp³-hybridized carbons (Fsp3) is 0.450. The lowest BCUT2D eigenvalue weighted by Crippen LogP contribution is -2.27. The van der Waals surface area contributed by atoms with E-state index >= 15 is 0 Å². The molecule has 0 atom stereocenters. The smallest absolute Gasteiger partial charge is 0.270 e. The number of aryl methyl sites for hydroxylation is 1. The molecule has 7 heteroatoms. The minimum Gasteiger partial charge on any atom is -0.493 e. The van der Waals surface area contributed by atoms with Crippen LogP contribution >= 0.6 is 0 Å². The molecule has 1 amide bonds. The highest BCUT2D eigenvalue weighted by atomic mass is 16.5. The van der Waals surface area contributed by atoms with Crippen molar-refractivity contribution >= 4 is 11.9 Å². The summed E-state index contributed by atoms with van der Waals surface area (Å²) in [5.41, 5.74) is 2.16. The standard InChI is InChI=1S/C20H28N4O3/c1-13(2)12-22-20-23-14(3)10-16(24-20)19(25)21-9-8-15-6-7-17(26-4)18(11-15)27-5/h6-7,10-11,13H,8-9,12H2,1-5H3,(H,21,25)(H,22,23,24). The van der Waals surface area contributed by atoms with Gasteiger partial charge in [0.1, 0.15) is 5.69 Å². The number of amides is 1. The number of hydrogen-bond acceptors (Lipinski definition) is 6. The number of anilines is 1. The number of benzene rings is 1. The fourth-order valence-corrected chi connectivity index (χ4v) is 2.51. The SMILES string of the molecule is COc1ccc(CCNC(=O)c2cc(C)nc(NCC(C)C)n2)cc1OC. The van der Waals surface area contributed by atoms with Crippen molar-refractivity contribution in [1.82, 2.24) is 15.3 Å². The van der Waals surface area contributed by atoms with Gasteiger partial charge in [0.2, 0.25) is 5.95 Å². The summed E-state index contributed by atoms with van der Waals surface area (Å²) in [5.74, 6) is 2.09. The molecule has 2 N–H and O–H groups in total. The molecule has 0 aliphatic rings. The third kappa shape index (κ3) is 6.13. The van der Waals surface area contributed by atoms with Crippen LogP contribution < -0.4 is 20.1 Å². The first-order chi connectivity index (χ1) is 12.9. The van der Waals surface area contributed by atoms with Crippen molar-refractivity contribution in [3.63, 3.8) is 0 Å². The molecule has 0 aliphatic heterocycles. The lowest BCUT2D eigenvalue weighted by Gasteiger charge is -2.11. The minimum absolute atomic E-state index is 0.214. The van der Waals surface area contributed by atoms with E-state index in [1.54, 1.807) is 20.3 Å². The largest absolute Gasteiger partial charge is 0.493 e. The van der Waals surface area contributed by atoms with Crippen LogP contribution in [0.4, 0.5) is 5.95 Å². The van der Waals surface area contributed by atoms with E-state index in [1.165, 1.54) is 0 Å². The van der Waals surface area contributed by atoms with Crippen LogP contribution in [-0.2, 0) is 6.42 Å². The minimum atomic E-state index is -0.214. The third-order valence-electron chi connectivity index (χ3n) is 3.90. The van der Waals surface area contributed by atoms with Gasteiger partial charge in [-0.05, 0) is 43.0 Å². The molecule has 0 unspecified atom stereocenters. The lowest BCUT2D eigenvalue weighted by molar-refractivity contribution is 0.0949. The van der Waals surface area contributed by atoms with E-state index in [2.05, 4.69) is 34.4 Å². The summed E-state index contributed by atoms with van der Waals surface area (Å²) in [6.45, 7) is 7.30. The molecule has 1 aromatic heterocycles. The number of hydrogen-bond donors (Lipinski definition) is 2. The van der Waals surface area contributed by atoms with Gasteiger partial charge in [0.15, 0.2) is 11.5 Å². The van der Waals surface area contributed by atoms with Crippen LogP contribution in [0.1, 0.15) is 35.6 Å². The van der Waals surface area contributed by atoms with Crippen LogP contribution in [0.3, 0.4) is 0 Å². The zero-order valence-electron chi connectivity index (χ0n) is 16.6. The highest BCUT2D eigenvalue weighted by Gasteiger charge is 2.11. The summed E-state index contributed by atoms with van der Waals surface area (Å²) in [6.07, 6.45) is 0.675. The number of nitrogens with one attached hydrogen (secondary N) is 2. The number of rotatable bonds is 9. The molecule has 27 heavy (non-hydrogen) atoms. The van der Waals surface area contributed by atoms with E-state index in [0.29, 0.717) is 42.0 Å². The van der Waals surface area contributed by atoms with Crippen molar-refractivity contribution in [2.24, 2.45) is 5.92 Å². The molecule has 2 rings (SSSR count). The Morgan fingerprint density at radius 2 is 1.85 bits per heavy atom. The van der Waals surface area contributed by atoms with Crippen LogP contribution in [0.5, 0.6) is 11.5 Å². The first-order valence-corrected chi connectivity index (χ1v) is 9.01. The number of carbonyl (C=O) groups excluding carboxylic acids is 1. The van der Waals surface area contributed by atoms with Crippen molar-refractivity contribution in [3.05, 3.63) is 41.2 Å². The van der Waals surface area contributed by atoms with Gasteiger partial charge in [0, 0.05) is 18.8 Å². The van der Waals surface area contributed by atoms with Crippen LogP contribution in [0, 0.1) is 12.8 Å². The molecule has 0 saturated heterocycles. The van der Waals surface area contributed by atoms with Gasteiger partial charge >= 0.3 is 0 Å². The van der Waals surface area contributed by atoms with Gasteiger partial charge in [-0.25, -0.2) is 9.97 Å². The Kier molecular flexibility index (Phi) is 7.40. The summed E-state index contributed by atoms with van der Waals surface area (Å²) in [4.78, 5) is 21.1. The second-order valence-corrected chi connectivity index (χ2v) is 6.69. The Morgan fingerprint density at radius 3 is 2.52 bits per heavy atom. The molecular formula is C20H28N4O3. The van der Waals surface area contributed by atoms with Gasteiger partial charge in [-0.2, -0.15) is 0 Å². The van der Waals surface area contributed by atoms with E-state index in [1.807, 2.05) is 25.1 Å². The average molecular weight is 372 g/mol. The molecule has 1 heterocycles. The quantitative estimate of drug-likeness (QED) is 0.704. The highest BCUT2D eigenvalue weighted by molar-refractivity contribution is 5.92. The zero-order chi connectivity index (χ0) is 19.8. The summed E-state index contributed by atoms with van der Waals surface area (Å²) in [7, 11) is 3.21. The van der Waals surface area contributed by atoms with Crippen molar-refractivity contribution in [3.8, 4) is 11.5 Å². The van der Waals surface area contributed by atoms with Crippen LogP contribution in [0.15, 0.2) is 24.3 Å². The van der Waals surface area contributed by atoms with E-state index in [4.69, 9.17) is 9.47 Å². The Hall–Kier alpha value is -2.83. The number of aromatic nitrogens is 2. The normalized spacial score (nSPS) is 10.6. The van der Waals surface area contributed by atoms with Crippen molar-refractivity contribution in [2.75, 3.05) is 32.6 Å². The molecule has 2 aromatic rings. The highest BCUT2D eigenvalue weighted by Crippen LogP contribution is 2.27. The van der Waals surface area contributed by atoms with E-state index < -0.39 is 0 Å². The number of ether oxygens (including phenoxy) is 2. The molecule has 0 aliphatic carbocycles. The molecule has 7 nitrogen and oxygen atoms in total. The summed E-state index contributed by atoms with van der Waals surface area (Å²) in [5, 5.41) is 6.06. The van der Waals surface area contributed by atoms with Crippen molar-refractivity contribution in [1.29, 1.82) is 0 Å². The second kappa shape index (κ2) is 9.75. The van der Waals surface area contributed by atoms with Crippen molar-refractivity contribution in [2.45, 2.75) is 27.2 Å². The molecule has 0 fully saturated rings. The third-order valence-corrected chi connectivity index (χ3v) is 3.90. The van der Waals surface area contributed by atoms with Gasteiger partial charge in [0.25, 0.3) is 5.91 Å². The summed E-state index contributed by atoms with van der Waals surface area (Å²) in [6, 6.07) is 7.41. The van der Waals surface area contributed by atoms with Gasteiger partial charge < -0.3 is 20.1 Å². The van der Waals surface area contributed by atoms with Gasteiger partial charge in [-0.15, -0.1) is 0 Å². The van der Waals surface area contributed by atoms with Crippen molar-refractivity contribution < 1.29 is 14.3 Å². The predicted octanol–water partition coefficient (Wildman–Crippen LogP) is 2.84. The van der Waals surface area contributed by atoms with E-state index in [0.717, 1.165) is 17.8 Å². The predicted molar refractivity (Wildman–Crippen MR) is 106 cm³/mol. The van der Waals surface area contributed by atoms with Crippen LogP contribution in [0.2, 0.25) is 0 Å².